The van der Waals surface area contributed by atoms with Gasteiger partial charge in [0.1, 0.15) is 11.3 Å². The second kappa shape index (κ2) is 7.63. The molecular formula is C19H27N3O4. The molecule has 2 aliphatic heterocycles. The summed E-state index contributed by atoms with van der Waals surface area (Å²) in [5.41, 5.74) is 0.212. The number of hydrogen-bond donors (Lipinski definition) is 2. The lowest BCUT2D eigenvalue weighted by atomic mass is 9.93. The Bertz CT molecular complexity index is 655. The molecule has 7 nitrogen and oxygen atoms in total. The second-order valence-corrected chi connectivity index (χ2v) is 7.33. The zero-order valence-electron chi connectivity index (χ0n) is 15.4. The van der Waals surface area contributed by atoms with Crippen LogP contribution in [0.15, 0.2) is 24.3 Å². The molecule has 3 amide bonds. The van der Waals surface area contributed by atoms with Gasteiger partial charge in [0.2, 0.25) is 0 Å². The Labute approximate surface area is 153 Å². The molecule has 7 heteroatoms. The Balaban J connectivity index is 1.59. The lowest BCUT2D eigenvalue weighted by Gasteiger charge is -2.32. The van der Waals surface area contributed by atoms with Gasteiger partial charge >= 0.3 is 6.03 Å². The molecule has 0 saturated carbocycles. The number of nitrogens with zero attached hydrogens (tertiary/aromatic N) is 2. The lowest BCUT2D eigenvalue weighted by molar-refractivity contribution is -0.132. The Morgan fingerprint density at radius 3 is 2.50 bits per heavy atom. The molecule has 0 spiro atoms. The van der Waals surface area contributed by atoms with Crippen LogP contribution in [0, 0.1) is 0 Å². The van der Waals surface area contributed by atoms with Crippen molar-refractivity contribution in [3.05, 3.63) is 29.8 Å². The Morgan fingerprint density at radius 1 is 1.23 bits per heavy atom. The maximum atomic E-state index is 12.8. The highest BCUT2D eigenvalue weighted by atomic mass is 16.5. The minimum Gasteiger partial charge on any atom is -0.497 e. The average Bonchev–Trinajstić information content (AvgIpc) is 2.86. The molecule has 0 aliphatic carbocycles. The number of methoxy groups -OCH3 is 1. The van der Waals surface area contributed by atoms with Crippen molar-refractivity contribution in [3.8, 4) is 5.75 Å². The van der Waals surface area contributed by atoms with E-state index in [2.05, 4.69) is 5.32 Å². The number of likely N-dealkylation sites (tertiary alicyclic amines) is 1. The van der Waals surface area contributed by atoms with E-state index in [1.807, 2.05) is 29.2 Å². The summed E-state index contributed by atoms with van der Waals surface area (Å²) in [6.07, 6.45) is 2.32. The van der Waals surface area contributed by atoms with Gasteiger partial charge in [-0.05, 0) is 50.3 Å². The van der Waals surface area contributed by atoms with Crippen molar-refractivity contribution < 1.29 is 19.4 Å². The van der Waals surface area contributed by atoms with Crippen LogP contribution >= 0.6 is 0 Å². The van der Waals surface area contributed by atoms with Gasteiger partial charge in [-0.1, -0.05) is 12.1 Å². The van der Waals surface area contributed by atoms with Crippen molar-refractivity contribution in [1.29, 1.82) is 0 Å². The Hall–Kier alpha value is -2.12. The van der Waals surface area contributed by atoms with Crippen molar-refractivity contribution in [2.24, 2.45) is 0 Å². The van der Waals surface area contributed by atoms with Crippen LogP contribution in [0.4, 0.5) is 4.79 Å². The third-order valence-corrected chi connectivity index (χ3v) is 5.32. The van der Waals surface area contributed by atoms with E-state index in [0.717, 1.165) is 11.3 Å². The van der Waals surface area contributed by atoms with Gasteiger partial charge in [-0.15, -0.1) is 0 Å². The molecule has 2 saturated heterocycles. The fraction of sp³-hybridized carbons (Fsp3) is 0.579. The monoisotopic (exact) mass is 361 g/mol. The molecule has 1 atom stereocenters. The summed E-state index contributed by atoms with van der Waals surface area (Å²) in [5.74, 6) is 0.616. The molecule has 26 heavy (non-hydrogen) atoms. The highest BCUT2D eigenvalue weighted by molar-refractivity contribution is 6.06. The summed E-state index contributed by atoms with van der Waals surface area (Å²) < 4.78 is 5.15. The van der Waals surface area contributed by atoms with Crippen LogP contribution in [0.3, 0.4) is 0 Å². The lowest BCUT2D eigenvalue weighted by Crippen LogP contribution is -2.47. The predicted octanol–water partition coefficient (Wildman–Crippen LogP) is 1.35. The number of imide groups is 1. The maximum absolute atomic E-state index is 12.8. The number of benzene rings is 1. The van der Waals surface area contributed by atoms with E-state index in [9.17, 15) is 14.7 Å². The summed E-state index contributed by atoms with van der Waals surface area (Å²) in [4.78, 5) is 28.5. The van der Waals surface area contributed by atoms with Gasteiger partial charge in [-0.3, -0.25) is 9.69 Å². The normalized spacial score (nSPS) is 24.8. The number of piperidine rings is 1. The van der Waals surface area contributed by atoms with Crippen molar-refractivity contribution in [2.45, 2.75) is 44.2 Å². The largest absolute Gasteiger partial charge is 0.497 e. The number of carbonyl (C=O) groups excluding carboxylic acids is 2. The standard InChI is InChI=1S/C19H27N3O4/c1-19(10-7-14-3-5-16(26-2)6-4-14)17(24)22(18(25)20-19)13-21-11-8-15(23)9-12-21/h3-6,15,23H,7-13H2,1-2H3,(H,20,25)/t19-/m1/s1. The Kier molecular flexibility index (Phi) is 5.48. The van der Waals surface area contributed by atoms with Crippen LogP contribution in [0.1, 0.15) is 31.7 Å². The van der Waals surface area contributed by atoms with Crippen LogP contribution in [0.25, 0.3) is 0 Å². The van der Waals surface area contributed by atoms with Gasteiger partial charge in [-0.2, -0.15) is 0 Å². The topological polar surface area (TPSA) is 82.1 Å². The van der Waals surface area contributed by atoms with Crippen LogP contribution in [0.2, 0.25) is 0 Å². The molecule has 0 unspecified atom stereocenters. The summed E-state index contributed by atoms with van der Waals surface area (Å²) in [6, 6.07) is 7.40. The molecule has 0 aromatic heterocycles. The number of rotatable bonds is 6. The molecule has 1 aromatic carbocycles. The van der Waals surface area contributed by atoms with E-state index in [1.165, 1.54) is 4.90 Å². The first kappa shape index (κ1) is 18.7. The van der Waals surface area contributed by atoms with Crippen LogP contribution in [0.5, 0.6) is 5.75 Å². The quantitative estimate of drug-likeness (QED) is 0.748. The molecule has 2 fully saturated rings. The molecule has 2 aliphatic rings. The predicted molar refractivity (Wildman–Crippen MR) is 96.8 cm³/mol. The minimum absolute atomic E-state index is 0.179. The van der Waals surface area contributed by atoms with Crippen molar-refractivity contribution in [1.82, 2.24) is 15.1 Å². The van der Waals surface area contributed by atoms with Crippen molar-refractivity contribution in [3.63, 3.8) is 0 Å². The van der Waals surface area contributed by atoms with Crippen LogP contribution in [-0.2, 0) is 11.2 Å². The molecule has 0 radical (unpaired) electrons. The number of aliphatic hydroxyl groups is 1. The molecular weight excluding hydrogens is 334 g/mol. The van der Waals surface area contributed by atoms with E-state index >= 15 is 0 Å². The average molecular weight is 361 g/mol. The van der Waals surface area contributed by atoms with E-state index in [1.54, 1.807) is 14.0 Å². The number of aliphatic hydroxyl groups excluding tert-OH is 1. The fourth-order valence-corrected chi connectivity index (χ4v) is 3.49. The summed E-state index contributed by atoms with van der Waals surface area (Å²) in [5, 5.41) is 12.4. The minimum atomic E-state index is -0.883. The summed E-state index contributed by atoms with van der Waals surface area (Å²) >= 11 is 0. The number of nitrogens with one attached hydrogen (secondary N) is 1. The Morgan fingerprint density at radius 2 is 1.88 bits per heavy atom. The van der Waals surface area contributed by atoms with Gasteiger partial charge in [0, 0.05) is 13.1 Å². The number of aryl methyl sites for hydroxylation is 1. The van der Waals surface area contributed by atoms with Crippen LogP contribution < -0.4 is 10.1 Å². The summed E-state index contributed by atoms with van der Waals surface area (Å²) in [7, 11) is 1.63. The number of urea groups is 1. The van der Waals surface area contributed by atoms with E-state index in [0.29, 0.717) is 38.8 Å². The van der Waals surface area contributed by atoms with Gasteiger partial charge in [-0.25, -0.2) is 9.69 Å². The molecule has 0 bridgehead atoms. The molecule has 1 aromatic rings. The van der Waals surface area contributed by atoms with Gasteiger partial charge in [0.05, 0.1) is 19.9 Å². The van der Waals surface area contributed by atoms with Gasteiger partial charge in [0.15, 0.2) is 0 Å². The van der Waals surface area contributed by atoms with Crippen molar-refractivity contribution >= 4 is 11.9 Å². The third-order valence-electron chi connectivity index (χ3n) is 5.32. The molecule has 3 rings (SSSR count). The van der Waals surface area contributed by atoms with Crippen LogP contribution in [-0.4, -0.2) is 65.4 Å². The number of carbonyl (C=O) groups is 2. The molecule has 2 N–H and O–H groups in total. The molecule has 142 valence electrons. The first-order valence-electron chi connectivity index (χ1n) is 9.09. The highest BCUT2D eigenvalue weighted by Crippen LogP contribution is 2.25. The van der Waals surface area contributed by atoms with E-state index < -0.39 is 5.54 Å². The first-order chi connectivity index (χ1) is 12.4. The number of ether oxygens (including phenoxy) is 1. The van der Waals surface area contributed by atoms with Crippen molar-refractivity contribution in [2.75, 3.05) is 26.9 Å². The van der Waals surface area contributed by atoms with E-state index in [4.69, 9.17) is 4.74 Å². The smallest absolute Gasteiger partial charge is 0.326 e. The maximum Gasteiger partial charge on any atom is 0.326 e. The first-order valence-corrected chi connectivity index (χ1v) is 9.09. The summed E-state index contributed by atoms with van der Waals surface area (Å²) in [6.45, 7) is 3.47. The zero-order chi connectivity index (χ0) is 18.7. The SMILES string of the molecule is COc1ccc(CC[C@@]2(C)NC(=O)N(CN3CCC(O)CC3)C2=O)cc1. The van der Waals surface area contributed by atoms with Gasteiger partial charge < -0.3 is 15.2 Å². The van der Waals surface area contributed by atoms with E-state index in [-0.39, 0.29) is 24.7 Å². The fourth-order valence-electron chi connectivity index (χ4n) is 3.49. The molecule has 2 heterocycles. The van der Waals surface area contributed by atoms with Gasteiger partial charge in [0.25, 0.3) is 5.91 Å². The number of hydrogen-bond acceptors (Lipinski definition) is 5. The number of amides is 3. The highest BCUT2D eigenvalue weighted by Gasteiger charge is 2.47. The second-order valence-electron chi connectivity index (χ2n) is 7.33. The third kappa shape index (κ3) is 3.99. The zero-order valence-corrected chi connectivity index (χ0v) is 15.4.